The molecule has 0 aliphatic rings. The number of halogens is 1. The second-order valence-electron chi connectivity index (χ2n) is 3.70. The maximum absolute atomic E-state index is 5.29. The van der Waals surface area contributed by atoms with Gasteiger partial charge in [-0.25, -0.2) is 0 Å². The molecule has 0 spiro atoms. The Kier molecular flexibility index (Phi) is 9.12. The van der Waals surface area contributed by atoms with Gasteiger partial charge >= 0.3 is 0 Å². The highest BCUT2D eigenvalue weighted by Gasteiger charge is 2.12. The lowest BCUT2D eigenvalue weighted by atomic mass is 10.2. The number of methoxy groups -OCH3 is 4. The smallest absolute Gasteiger partial charge is 0.203 e. The molecule has 19 heavy (non-hydrogen) atoms. The SMILES string of the molecule is COCCNCc1cc(OC)c(OC)c(OC)c1.[Cl-]. The van der Waals surface area contributed by atoms with Crippen molar-refractivity contribution < 1.29 is 31.4 Å². The van der Waals surface area contributed by atoms with Crippen molar-refractivity contribution in [3.8, 4) is 17.2 Å². The summed E-state index contributed by atoms with van der Waals surface area (Å²) in [4.78, 5) is 0. The molecule has 0 unspecified atom stereocenters. The summed E-state index contributed by atoms with van der Waals surface area (Å²) < 4.78 is 20.8. The Hall–Kier alpha value is -1.17. The Morgan fingerprint density at radius 2 is 1.53 bits per heavy atom. The fourth-order valence-electron chi connectivity index (χ4n) is 1.64. The average Bonchev–Trinajstić information content (AvgIpc) is 2.42. The van der Waals surface area contributed by atoms with Gasteiger partial charge in [-0.1, -0.05) is 0 Å². The first-order valence-electron chi connectivity index (χ1n) is 5.75. The normalized spacial score (nSPS) is 9.68. The van der Waals surface area contributed by atoms with Crippen molar-refractivity contribution in [2.45, 2.75) is 6.54 Å². The van der Waals surface area contributed by atoms with Gasteiger partial charge in [0, 0.05) is 20.2 Å². The van der Waals surface area contributed by atoms with Crippen LogP contribution in [0.3, 0.4) is 0 Å². The van der Waals surface area contributed by atoms with Gasteiger partial charge in [-0.15, -0.1) is 0 Å². The molecule has 1 aromatic carbocycles. The van der Waals surface area contributed by atoms with E-state index in [1.54, 1.807) is 28.4 Å². The molecule has 5 nitrogen and oxygen atoms in total. The van der Waals surface area contributed by atoms with E-state index < -0.39 is 0 Å². The molecule has 0 aromatic heterocycles. The zero-order valence-electron chi connectivity index (χ0n) is 11.8. The van der Waals surface area contributed by atoms with E-state index in [2.05, 4.69) is 5.32 Å². The molecular formula is C13H21ClNO4-. The van der Waals surface area contributed by atoms with Crippen LogP contribution in [-0.2, 0) is 11.3 Å². The van der Waals surface area contributed by atoms with Crippen molar-refractivity contribution in [2.24, 2.45) is 0 Å². The molecule has 1 aromatic rings. The largest absolute Gasteiger partial charge is 1.00 e. The van der Waals surface area contributed by atoms with E-state index in [4.69, 9.17) is 18.9 Å². The monoisotopic (exact) mass is 290 g/mol. The molecule has 0 saturated heterocycles. The molecule has 6 heteroatoms. The Labute approximate surface area is 120 Å². The van der Waals surface area contributed by atoms with E-state index in [0.29, 0.717) is 23.9 Å². The summed E-state index contributed by atoms with van der Waals surface area (Å²) in [5.74, 6) is 1.95. The van der Waals surface area contributed by atoms with Crippen molar-refractivity contribution in [3.05, 3.63) is 17.7 Å². The Morgan fingerprint density at radius 1 is 0.947 bits per heavy atom. The van der Waals surface area contributed by atoms with Gasteiger partial charge in [0.15, 0.2) is 11.5 Å². The van der Waals surface area contributed by atoms with Crippen molar-refractivity contribution in [1.29, 1.82) is 0 Å². The third kappa shape index (κ3) is 5.14. The second-order valence-corrected chi connectivity index (χ2v) is 3.70. The maximum atomic E-state index is 5.29. The molecule has 1 N–H and O–H groups in total. The summed E-state index contributed by atoms with van der Waals surface area (Å²) >= 11 is 0. The van der Waals surface area contributed by atoms with Gasteiger partial charge in [0.1, 0.15) is 0 Å². The van der Waals surface area contributed by atoms with Crippen LogP contribution >= 0.6 is 0 Å². The summed E-state index contributed by atoms with van der Waals surface area (Å²) in [6.45, 7) is 2.21. The van der Waals surface area contributed by atoms with Crippen LogP contribution in [0.5, 0.6) is 17.2 Å². The van der Waals surface area contributed by atoms with Crippen LogP contribution in [0.25, 0.3) is 0 Å². The Morgan fingerprint density at radius 3 is 1.95 bits per heavy atom. The topological polar surface area (TPSA) is 49.0 Å². The van der Waals surface area contributed by atoms with Gasteiger partial charge in [-0.3, -0.25) is 0 Å². The van der Waals surface area contributed by atoms with E-state index in [9.17, 15) is 0 Å². The molecule has 0 fully saturated rings. The van der Waals surface area contributed by atoms with E-state index in [1.807, 2.05) is 12.1 Å². The fourth-order valence-corrected chi connectivity index (χ4v) is 1.64. The van der Waals surface area contributed by atoms with E-state index in [-0.39, 0.29) is 12.4 Å². The fraction of sp³-hybridized carbons (Fsp3) is 0.538. The van der Waals surface area contributed by atoms with Gasteiger partial charge in [-0.2, -0.15) is 0 Å². The van der Waals surface area contributed by atoms with Crippen molar-refractivity contribution >= 4 is 0 Å². The minimum absolute atomic E-state index is 0. The molecule has 110 valence electrons. The van der Waals surface area contributed by atoms with Crippen molar-refractivity contribution in [2.75, 3.05) is 41.6 Å². The van der Waals surface area contributed by atoms with E-state index >= 15 is 0 Å². The van der Waals surface area contributed by atoms with E-state index in [1.165, 1.54) is 0 Å². The van der Waals surface area contributed by atoms with Gasteiger partial charge in [0.2, 0.25) is 5.75 Å². The van der Waals surface area contributed by atoms with Gasteiger partial charge in [0.25, 0.3) is 0 Å². The number of benzene rings is 1. The van der Waals surface area contributed by atoms with Gasteiger partial charge < -0.3 is 36.7 Å². The molecule has 0 atom stereocenters. The van der Waals surface area contributed by atoms with Crippen LogP contribution in [-0.4, -0.2) is 41.6 Å². The molecule has 0 bridgehead atoms. The van der Waals surface area contributed by atoms with Gasteiger partial charge in [-0.05, 0) is 17.7 Å². The zero-order valence-corrected chi connectivity index (χ0v) is 12.5. The first-order chi connectivity index (χ1) is 8.76. The van der Waals surface area contributed by atoms with Crippen LogP contribution in [0.4, 0.5) is 0 Å². The molecule has 0 aliphatic heterocycles. The Bertz CT molecular complexity index is 349. The van der Waals surface area contributed by atoms with Crippen molar-refractivity contribution in [1.82, 2.24) is 5.32 Å². The molecule has 0 heterocycles. The zero-order chi connectivity index (χ0) is 13.4. The molecule has 0 aliphatic carbocycles. The highest BCUT2D eigenvalue weighted by atomic mass is 35.5. The summed E-state index contributed by atoms with van der Waals surface area (Å²) in [5, 5.41) is 3.27. The molecule has 1 rings (SSSR count). The predicted octanol–water partition coefficient (Wildman–Crippen LogP) is -1.55. The van der Waals surface area contributed by atoms with Crippen molar-refractivity contribution in [3.63, 3.8) is 0 Å². The molecule has 0 amide bonds. The summed E-state index contributed by atoms with van der Waals surface area (Å²) in [7, 11) is 6.50. The summed E-state index contributed by atoms with van der Waals surface area (Å²) in [6.07, 6.45) is 0. The summed E-state index contributed by atoms with van der Waals surface area (Å²) in [6, 6.07) is 3.86. The minimum atomic E-state index is 0. The quantitative estimate of drug-likeness (QED) is 0.588. The molecule has 0 radical (unpaired) electrons. The Balaban J connectivity index is 0.00000324. The maximum Gasteiger partial charge on any atom is 0.203 e. The highest BCUT2D eigenvalue weighted by molar-refractivity contribution is 5.53. The first kappa shape index (κ1) is 17.8. The number of nitrogens with one attached hydrogen (secondary N) is 1. The lowest BCUT2D eigenvalue weighted by Crippen LogP contribution is -3.00. The molecule has 0 saturated carbocycles. The van der Waals surface area contributed by atoms with E-state index in [0.717, 1.165) is 18.7 Å². The van der Waals surface area contributed by atoms with Crippen LogP contribution < -0.4 is 31.9 Å². The standard InChI is InChI=1S/C13H21NO4.ClH/c1-15-6-5-14-9-10-7-11(16-2)13(18-4)12(8-10)17-3;/h7-8,14H,5-6,9H2,1-4H3;1H/p-1. The lowest BCUT2D eigenvalue weighted by molar-refractivity contribution is -0.00000495. The van der Waals surface area contributed by atoms with Crippen LogP contribution in [0.15, 0.2) is 12.1 Å². The van der Waals surface area contributed by atoms with Crippen LogP contribution in [0.1, 0.15) is 5.56 Å². The predicted molar refractivity (Wildman–Crippen MR) is 69.7 cm³/mol. The number of rotatable bonds is 8. The highest BCUT2D eigenvalue weighted by Crippen LogP contribution is 2.38. The van der Waals surface area contributed by atoms with Crippen LogP contribution in [0, 0.1) is 0 Å². The second kappa shape index (κ2) is 9.72. The third-order valence-electron chi connectivity index (χ3n) is 2.54. The average molecular weight is 291 g/mol. The minimum Gasteiger partial charge on any atom is -1.00 e. The number of ether oxygens (including phenoxy) is 4. The van der Waals surface area contributed by atoms with Gasteiger partial charge in [0.05, 0.1) is 27.9 Å². The lowest BCUT2D eigenvalue weighted by Gasteiger charge is -2.14. The number of hydrogen-bond acceptors (Lipinski definition) is 5. The molecular weight excluding hydrogens is 270 g/mol. The summed E-state index contributed by atoms with van der Waals surface area (Å²) in [5.41, 5.74) is 1.07. The number of hydrogen-bond donors (Lipinski definition) is 1. The third-order valence-corrected chi connectivity index (χ3v) is 2.54. The van der Waals surface area contributed by atoms with Crippen LogP contribution in [0.2, 0.25) is 0 Å². The first-order valence-corrected chi connectivity index (χ1v) is 5.75.